The van der Waals surface area contributed by atoms with Gasteiger partial charge in [-0.05, 0) is 18.2 Å². The number of benzene rings is 1. The van der Waals surface area contributed by atoms with E-state index < -0.39 is 0 Å². The van der Waals surface area contributed by atoms with Gasteiger partial charge in [-0.25, -0.2) is 14.4 Å². The summed E-state index contributed by atoms with van der Waals surface area (Å²) in [7, 11) is 0. The van der Waals surface area contributed by atoms with Gasteiger partial charge < -0.3 is 15.0 Å². The molecule has 0 aliphatic carbocycles. The first-order valence-corrected chi connectivity index (χ1v) is 6.48. The predicted octanol–water partition coefficient (Wildman–Crippen LogP) is 2.20. The summed E-state index contributed by atoms with van der Waals surface area (Å²) in [6, 6.07) is 8.14. The van der Waals surface area contributed by atoms with Gasteiger partial charge in [0.25, 0.3) is 0 Å². The van der Waals surface area contributed by atoms with Gasteiger partial charge in [-0.2, -0.15) is 0 Å². The molecule has 0 amide bonds. The van der Waals surface area contributed by atoms with Gasteiger partial charge in [0.05, 0.1) is 13.2 Å². The predicted molar refractivity (Wildman–Crippen MR) is 74.7 cm³/mol. The molecule has 0 bridgehead atoms. The number of nitrogens with one attached hydrogen (secondary N) is 1. The molecular formula is C14H15FN4O. The lowest BCUT2D eigenvalue weighted by atomic mass is 10.3. The fraction of sp³-hybridized carbons (Fsp3) is 0.286. The molecule has 1 N–H and O–H groups in total. The summed E-state index contributed by atoms with van der Waals surface area (Å²) in [5.41, 5.74) is 0.664. The van der Waals surface area contributed by atoms with Crippen molar-refractivity contribution < 1.29 is 9.13 Å². The molecule has 3 rings (SSSR count). The molecule has 20 heavy (non-hydrogen) atoms. The fourth-order valence-electron chi connectivity index (χ4n) is 2.09. The molecule has 0 saturated carbocycles. The zero-order valence-corrected chi connectivity index (χ0v) is 10.9. The summed E-state index contributed by atoms with van der Waals surface area (Å²) >= 11 is 0. The molecule has 1 fully saturated rings. The minimum atomic E-state index is -0.280. The van der Waals surface area contributed by atoms with E-state index in [2.05, 4.69) is 20.2 Å². The topological polar surface area (TPSA) is 50.3 Å². The van der Waals surface area contributed by atoms with Crippen LogP contribution in [0.25, 0.3) is 0 Å². The normalized spacial score (nSPS) is 15.2. The van der Waals surface area contributed by atoms with Crippen molar-refractivity contribution in [2.24, 2.45) is 0 Å². The maximum atomic E-state index is 13.1. The molecule has 2 aromatic rings. The molecule has 0 radical (unpaired) electrons. The summed E-state index contributed by atoms with van der Waals surface area (Å²) < 4.78 is 18.5. The van der Waals surface area contributed by atoms with Crippen LogP contribution in [0.1, 0.15) is 0 Å². The molecule has 1 saturated heterocycles. The van der Waals surface area contributed by atoms with Gasteiger partial charge in [0.15, 0.2) is 0 Å². The number of halogens is 1. The Kier molecular flexibility index (Phi) is 3.73. The third kappa shape index (κ3) is 3.03. The quantitative estimate of drug-likeness (QED) is 0.929. The highest BCUT2D eigenvalue weighted by Crippen LogP contribution is 2.19. The van der Waals surface area contributed by atoms with Crippen molar-refractivity contribution in [3.05, 3.63) is 42.5 Å². The average molecular weight is 274 g/mol. The van der Waals surface area contributed by atoms with Crippen LogP contribution in [0.4, 0.5) is 21.7 Å². The molecule has 1 aromatic carbocycles. The van der Waals surface area contributed by atoms with Crippen LogP contribution in [0, 0.1) is 5.82 Å². The van der Waals surface area contributed by atoms with E-state index in [0.717, 1.165) is 18.9 Å². The summed E-state index contributed by atoms with van der Waals surface area (Å²) in [6.07, 6.45) is 1.51. The second-order valence-electron chi connectivity index (χ2n) is 4.50. The van der Waals surface area contributed by atoms with E-state index in [4.69, 9.17) is 4.74 Å². The summed E-state index contributed by atoms with van der Waals surface area (Å²) in [5.74, 6) is 1.21. The monoisotopic (exact) mass is 274 g/mol. The Labute approximate surface area is 116 Å². The minimum Gasteiger partial charge on any atom is -0.378 e. The highest BCUT2D eigenvalue weighted by molar-refractivity contribution is 5.59. The molecule has 0 atom stereocenters. The van der Waals surface area contributed by atoms with Crippen molar-refractivity contribution in [1.82, 2.24) is 9.97 Å². The summed E-state index contributed by atoms with van der Waals surface area (Å²) in [6.45, 7) is 3.04. The second-order valence-corrected chi connectivity index (χ2v) is 4.50. The molecule has 0 spiro atoms. The highest BCUT2D eigenvalue weighted by Gasteiger charge is 2.13. The molecule has 0 unspecified atom stereocenters. The third-order valence-electron chi connectivity index (χ3n) is 3.08. The number of ether oxygens (including phenoxy) is 1. The van der Waals surface area contributed by atoms with Gasteiger partial charge in [0.1, 0.15) is 23.8 Å². The van der Waals surface area contributed by atoms with Crippen molar-refractivity contribution in [3.63, 3.8) is 0 Å². The molecule has 1 aliphatic heterocycles. The first kappa shape index (κ1) is 12.8. The zero-order chi connectivity index (χ0) is 13.8. The Morgan fingerprint density at radius 2 is 2.00 bits per heavy atom. The Morgan fingerprint density at radius 1 is 1.15 bits per heavy atom. The van der Waals surface area contributed by atoms with Crippen molar-refractivity contribution in [1.29, 1.82) is 0 Å². The first-order chi connectivity index (χ1) is 9.81. The number of nitrogens with zero attached hydrogens (tertiary/aromatic N) is 3. The third-order valence-corrected chi connectivity index (χ3v) is 3.08. The van der Waals surface area contributed by atoms with Crippen LogP contribution in [0.2, 0.25) is 0 Å². The smallest absolute Gasteiger partial charge is 0.135 e. The molecule has 6 heteroatoms. The van der Waals surface area contributed by atoms with E-state index in [-0.39, 0.29) is 5.82 Å². The summed E-state index contributed by atoms with van der Waals surface area (Å²) in [4.78, 5) is 10.6. The van der Waals surface area contributed by atoms with Gasteiger partial charge in [-0.15, -0.1) is 0 Å². The number of rotatable bonds is 3. The standard InChI is InChI=1S/C14H15FN4O/c15-11-2-1-3-12(8-11)18-13-9-14(17-10-16-13)19-4-6-20-7-5-19/h1-3,8-10H,4-7H2,(H,16,17,18). The maximum absolute atomic E-state index is 13.1. The van der Waals surface area contributed by atoms with Crippen molar-refractivity contribution in [2.75, 3.05) is 36.5 Å². The number of hydrogen-bond acceptors (Lipinski definition) is 5. The van der Waals surface area contributed by atoms with E-state index in [9.17, 15) is 4.39 Å². The number of hydrogen-bond donors (Lipinski definition) is 1. The highest BCUT2D eigenvalue weighted by atomic mass is 19.1. The van der Waals surface area contributed by atoms with Crippen molar-refractivity contribution in [3.8, 4) is 0 Å². The van der Waals surface area contributed by atoms with E-state index in [1.165, 1.54) is 18.5 Å². The molecule has 104 valence electrons. The van der Waals surface area contributed by atoms with E-state index in [1.807, 2.05) is 6.07 Å². The average Bonchev–Trinajstić information content (AvgIpc) is 2.48. The van der Waals surface area contributed by atoms with Crippen LogP contribution < -0.4 is 10.2 Å². The van der Waals surface area contributed by atoms with Gasteiger partial charge >= 0.3 is 0 Å². The Morgan fingerprint density at radius 3 is 2.80 bits per heavy atom. The Balaban J connectivity index is 1.77. The SMILES string of the molecule is Fc1cccc(Nc2cc(N3CCOCC3)ncn2)c1. The van der Waals surface area contributed by atoms with Crippen LogP contribution in [-0.4, -0.2) is 36.3 Å². The van der Waals surface area contributed by atoms with Gasteiger partial charge in [-0.3, -0.25) is 0 Å². The molecular weight excluding hydrogens is 259 g/mol. The van der Waals surface area contributed by atoms with E-state index in [0.29, 0.717) is 24.7 Å². The molecule has 2 heterocycles. The molecule has 1 aliphatic rings. The first-order valence-electron chi connectivity index (χ1n) is 6.48. The lowest BCUT2D eigenvalue weighted by molar-refractivity contribution is 0.122. The Hall–Kier alpha value is -2.21. The van der Waals surface area contributed by atoms with Crippen molar-refractivity contribution >= 4 is 17.3 Å². The van der Waals surface area contributed by atoms with Crippen molar-refractivity contribution in [2.45, 2.75) is 0 Å². The largest absolute Gasteiger partial charge is 0.378 e. The zero-order valence-electron chi connectivity index (χ0n) is 10.9. The van der Waals surface area contributed by atoms with Crippen LogP contribution in [0.3, 0.4) is 0 Å². The molecule has 1 aromatic heterocycles. The minimum absolute atomic E-state index is 0.280. The van der Waals surface area contributed by atoms with Gasteiger partial charge in [-0.1, -0.05) is 6.07 Å². The van der Waals surface area contributed by atoms with Crippen LogP contribution in [0.5, 0.6) is 0 Å². The van der Waals surface area contributed by atoms with Crippen LogP contribution >= 0.6 is 0 Å². The lowest BCUT2D eigenvalue weighted by Gasteiger charge is -2.27. The Bertz CT molecular complexity index is 587. The lowest BCUT2D eigenvalue weighted by Crippen LogP contribution is -2.36. The van der Waals surface area contributed by atoms with Crippen LogP contribution in [-0.2, 0) is 4.74 Å². The number of morpholine rings is 1. The number of aromatic nitrogens is 2. The van der Waals surface area contributed by atoms with E-state index in [1.54, 1.807) is 12.1 Å². The maximum Gasteiger partial charge on any atom is 0.135 e. The summed E-state index contributed by atoms with van der Waals surface area (Å²) in [5, 5.41) is 3.08. The van der Waals surface area contributed by atoms with Crippen LogP contribution in [0.15, 0.2) is 36.7 Å². The van der Waals surface area contributed by atoms with E-state index >= 15 is 0 Å². The second kappa shape index (κ2) is 5.83. The fourth-order valence-corrected chi connectivity index (χ4v) is 2.09. The molecule has 5 nitrogen and oxygen atoms in total. The number of anilines is 3. The van der Waals surface area contributed by atoms with Gasteiger partial charge in [0.2, 0.25) is 0 Å². The van der Waals surface area contributed by atoms with Gasteiger partial charge in [0, 0.05) is 24.8 Å².